The first-order valence-electron chi connectivity index (χ1n) is 4.55. The van der Waals surface area contributed by atoms with Crippen LogP contribution in [0, 0.1) is 0 Å². The number of nitrogens with two attached hydrogens (primary N) is 1. The molecule has 1 aromatic carbocycles. The minimum atomic E-state index is -3.24. The van der Waals surface area contributed by atoms with Crippen molar-refractivity contribution in [1.29, 1.82) is 0 Å². The van der Waals surface area contributed by atoms with Crippen LogP contribution in [0.4, 0.5) is 0 Å². The Hall–Kier alpha value is -0.580. The third-order valence-corrected chi connectivity index (χ3v) is 3.38. The van der Waals surface area contributed by atoms with E-state index in [2.05, 4.69) is 0 Å². The van der Waals surface area contributed by atoms with Crippen LogP contribution in [-0.2, 0) is 16.3 Å². The smallest absolute Gasteiger partial charge is 0.175 e. The Bertz CT molecular complexity index is 454. The lowest BCUT2D eigenvalue weighted by molar-refractivity contribution is 0.599. The van der Waals surface area contributed by atoms with Crippen LogP contribution in [0.2, 0.25) is 5.02 Å². The molecule has 3 nitrogen and oxygen atoms in total. The standard InChI is InChI=1S/C10H14ClNO2S/c1-7(12)5-8-3-4-9(11)6-10(8)15(2,13)14/h3-4,6-7H,5,12H2,1-2H3. The number of rotatable bonds is 3. The zero-order chi connectivity index (χ0) is 11.6. The molecule has 1 rings (SSSR count). The van der Waals surface area contributed by atoms with Gasteiger partial charge in [0.05, 0.1) is 4.90 Å². The number of benzene rings is 1. The molecule has 0 bridgehead atoms. The summed E-state index contributed by atoms with van der Waals surface area (Å²) >= 11 is 5.76. The Balaban J connectivity index is 3.27. The highest BCUT2D eigenvalue weighted by Crippen LogP contribution is 2.21. The molecule has 0 radical (unpaired) electrons. The van der Waals surface area contributed by atoms with E-state index in [0.29, 0.717) is 11.4 Å². The van der Waals surface area contributed by atoms with Gasteiger partial charge in [-0.15, -0.1) is 0 Å². The molecule has 15 heavy (non-hydrogen) atoms. The van der Waals surface area contributed by atoms with Gasteiger partial charge in [-0.2, -0.15) is 0 Å². The normalized spacial score (nSPS) is 13.9. The van der Waals surface area contributed by atoms with Crippen LogP contribution in [0.3, 0.4) is 0 Å². The number of hydrogen-bond acceptors (Lipinski definition) is 3. The number of halogens is 1. The third-order valence-electron chi connectivity index (χ3n) is 1.97. The van der Waals surface area contributed by atoms with Crippen molar-refractivity contribution in [2.24, 2.45) is 5.73 Å². The van der Waals surface area contributed by atoms with Gasteiger partial charge in [0.2, 0.25) is 0 Å². The van der Waals surface area contributed by atoms with Crippen molar-refractivity contribution >= 4 is 21.4 Å². The van der Waals surface area contributed by atoms with Crippen LogP contribution < -0.4 is 5.73 Å². The van der Waals surface area contributed by atoms with E-state index in [1.807, 2.05) is 6.92 Å². The monoisotopic (exact) mass is 247 g/mol. The molecular weight excluding hydrogens is 234 g/mol. The maximum Gasteiger partial charge on any atom is 0.175 e. The van der Waals surface area contributed by atoms with E-state index in [-0.39, 0.29) is 10.9 Å². The quantitative estimate of drug-likeness (QED) is 0.883. The van der Waals surface area contributed by atoms with Crippen molar-refractivity contribution in [3.8, 4) is 0 Å². The van der Waals surface area contributed by atoms with Crippen LogP contribution in [-0.4, -0.2) is 20.7 Å². The molecule has 0 saturated heterocycles. The summed E-state index contributed by atoms with van der Waals surface area (Å²) in [5.41, 5.74) is 6.37. The third kappa shape index (κ3) is 3.48. The number of sulfone groups is 1. The molecule has 0 aromatic heterocycles. The molecule has 0 aliphatic heterocycles. The lowest BCUT2D eigenvalue weighted by atomic mass is 10.1. The SMILES string of the molecule is CC(N)Cc1ccc(Cl)cc1S(C)(=O)=O. The van der Waals surface area contributed by atoms with E-state index >= 15 is 0 Å². The molecule has 0 spiro atoms. The van der Waals surface area contributed by atoms with E-state index in [1.165, 1.54) is 12.3 Å². The van der Waals surface area contributed by atoms with Crippen molar-refractivity contribution in [2.75, 3.05) is 6.26 Å². The summed E-state index contributed by atoms with van der Waals surface area (Å²) in [4.78, 5) is 0.271. The number of hydrogen-bond donors (Lipinski definition) is 1. The van der Waals surface area contributed by atoms with Crippen molar-refractivity contribution in [3.63, 3.8) is 0 Å². The van der Waals surface area contributed by atoms with E-state index < -0.39 is 9.84 Å². The Morgan fingerprint density at radius 1 is 1.47 bits per heavy atom. The molecule has 1 aromatic rings. The molecule has 0 aliphatic carbocycles. The molecule has 1 unspecified atom stereocenters. The van der Waals surface area contributed by atoms with Gasteiger partial charge in [-0.1, -0.05) is 17.7 Å². The van der Waals surface area contributed by atoms with Gasteiger partial charge in [-0.3, -0.25) is 0 Å². The maximum absolute atomic E-state index is 11.5. The topological polar surface area (TPSA) is 60.2 Å². The van der Waals surface area contributed by atoms with E-state index in [9.17, 15) is 8.42 Å². The highest BCUT2D eigenvalue weighted by Gasteiger charge is 2.14. The second kappa shape index (κ2) is 4.51. The minimum Gasteiger partial charge on any atom is -0.328 e. The molecule has 0 amide bonds. The molecule has 5 heteroatoms. The van der Waals surface area contributed by atoms with Crippen molar-refractivity contribution in [2.45, 2.75) is 24.3 Å². The Kier molecular flexibility index (Phi) is 3.76. The van der Waals surface area contributed by atoms with Crippen molar-refractivity contribution < 1.29 is 8.42 Å². The van der Waals surface area contributed by atoms with Gasteiger partial charge in [-0.25, -0.2) is 8.42 Å². The second-order valence-electron chi connectivity index (χ2n) is 3.71. The van der Waals surface area contributed by atoms with Crippen LogP contribution >= 0.6 is 11.6 Å². The molecule has 0 aliphatic rings. The fourth-order valence-corrected chi connectivity index (χ4v) is 2.59. The van der Waals surface area contributed by atoms with Gasteiger partial charge in [0.15, 0.2) is 9.84 Å². The molecule has 1 atom stereocenters. The van der Waals surface area contributed by atoms with Gasteiger partial charge in [0.25, 0.3) is 0 Å². The first-order valence-corrected chi connectivity index (χ1v) is 6.81. The first-order chi connectivity index (χ1) is 6.80. The van der Waals surface area contributed by atoms with Crippen molar-refractivity contribution in [3.05, 3.63) is 28.8 Å². The fourth-order valence-electron chi connectivity index (χ4n) is 1.39. The van der Waals surface area contributed by atoms with Crippen LogP contribution in [0.15, 0.2) is 23.1 Å². The second-order valence-corrected chi connectivity index (χ2v) is 6.13. The summed E-state index contributed by atoms with van der Waals surface area (Å²) in [6.07, 6.45) is 1.70. The zero-order valence-electron chi connectivity index (χ0n) is 8.70. The van der Waals surface area contributed by atoms with Crippen molar-refractivity contribution in [1.82, 2.24) is 0 Å². The summed E-state index contributed by atoms with van der Waals surface area (Å²) in [6.45, 7) is 1.83. The summed E-state index contributed by atoms with van der Waals surface area (Å²) in [5, 5.41) is 0.420. The highest BCUT2D eigenvalue weighted by molar-refractivity contribution is 7.90. The molecule has 0 heterocycles. The summed E-state index contributed by atoms with van der Waals surface area (Å²) < 4.78 is 23.0. The van der Waals surface area contributed by atoms with E-state index in [1.54, 1.807) is 12.1 Å². The summed E-state index contributed by atoms with van der Waals surface area (Å²) in [7, 11) is -3.24. The fraction of sp³-hybridized carbons (Fsp3) is 0.400. The average molecular weight is 248 g/mol. The maximum atomic E-state index is 11.5. The largest absolute Gasteiger partial charge is 0.328 e. The average Bonchev–Trinajstić information content (AvgIpc) is 2.05. The van der Waals surface area contributed by atoms with Gasteiger partial charge < -0.3 is 5.73 Å². The van der Waals surface area contributed by atoms with Gasteiger partial charge >= 0.3 is 0 Å². The lowest BCUT2D eigenvalue weighted by Gasteiger charge is -2.10. The van der Waals surface area contributed by atoms with Gasteiger partial charge in [0.1, 0.15) is 0 Å². The van der Waals surface area contributed by atoms with Crippen LogP contribution in [0.25, 0.3) is 0 Å². The van der Waals surface area contributed by atoms with E-state index in [4.69, 9.17) is 17.3 Å². The molecular formula is C10H14ClNO2S. The molecule has 0 fully saturated rings. The van der Waals surface area contributed by atoms with Gasteiger partial charge in [-0.05, 0) is 31.0 Å². The van der Waals surface area contributed by atoms with E-state index in [0.717, 1.165) is 5.56 Å². The molecule has 84 valence electrons. The Morgan fingerprint density at radius 3 is 2.53 bits per heavy atom. The predicted molar refractivity (Wildman–Crippen MR) is 61.9 cm³/mol. The predicted octanol–water partition coefficient (Wildman–Crippen LogP) is 1.63. The lowest BCUT2D eigenvalue weighted by Crippen LogP contribution is -2.19. The summed E-state index contributed by atoms with van der Waals surface area (Å²) in [5.74, 6) is 0. The van der Waals surface area contributed by atoms with Gasteiger partial charge in [0, 0.05) is 17.3 Å². The minimum absolute atomic E-state index is 0.0772. The first kappa shape index (κ1) is 12.5. The molecule has 2 N–H and O–H groups in total. The van der Waals surface area contributed by atoms with Crippen LogP contribution in [0.1, 0.15) is 12.5 Å². The highest BCUT2D eigenvalue weighted by atomic mass is 35.5. The summed E-state index contributed by atoms with van der Waals surface area (Å²) in [6, 6.07) is 4.77. The Labute approximate surface area is 95.2 Å². The zero-order valence-corrected chi connectivity index (χ0v) is 10.3. The Morgan fingerprint density at radius 2 is 2.07 bits per heavy atom. The molecule has 0 saturated carbocycles. The van der Waals surface area contributed by atoms with Crippen LogP contribution in [0.5, 0.6) is 0 Å².